The fourth-order valence-electron chi connectivity index (χ4n) is 1.43. The molecule has 1 radical (unpaired) electrons. The van der Waals surface area contributed by atoms with E-state index in [0.717, 1.165) is 18.9 Å². The van der Waals surface area contributed by atoms with Gasteiger partial charge in [0.25, 0.3) is 0 Å². The van der Waals surface area contributed by atoms with Crippen LogP contribution in [-0.2, 0) is 6.18 Å². The van der Waals surface area contributed by atoms with Crippen molar-refractivity contribution in [2.75, 3.05) is 0 Å². The van der Waals surface area contributed by atoms with Crippen LogP contribution in [0.3, 0.4) is 0 Å². The molecule has 0 aromatic heterocycles. The predicted octanol–water partition coefficient (Wildman–Crippen LogP) is 3.38. The van der Waals surface area contributed by atoms with Crippen LogP contribution < -0.4 is 0 Å². The summed E-state index contributed by atoms with van der Waals surface area (Å²) in [7, 11) is 0. The summed E-state index contributed by atoms with van der Waals surface area (Å²) >= 11 is 0. The minimum atomic E-state index is -4.22. The van der Waals surface area contributed by atoms with E-state index in [0.29, 0.717) is 5.56 Å². The van der Waals surface area contributed by atoms with Crippen LogP contribution in [0.15, 0.2) is 18.2 Å². The Hall–Kier alpha value is -0.990. The molecule has 0 unspecified atom stereocenters. The number of hydrogen-bond donors (Lipinski definition) is 0. The van der Waals surface area contributed by atoms with Gasteiger partial charge in [0.15, 0.2) is 0 Å². The van der Waals surface area contributed by atoms with E-state index < -0.39 is 11.7 Å². The van der Waals surface area contributed by atoms with E-state index in [1.807, 2.05) is 0 Å². The van der Waals surface area contributed by atoms with Gasteiger partial charge in [0.2, 0.25) is 0 Å². The van der Waals surface area contributed by atoms with Crippen LogP contribution in [0.2, 0.25) is 0 Å². The van der Waals surface area contributed by atoms with Crippen LogP contribution in [0, 0.1) is 6.07 Å². The van der Waals surface area contributed by atoms with Gasteiger partial charge < -0.3 is 0 Å². The van der Waals surface area contributed by atoms with Crippen molar-refractivity contribution in [3.8, 4) is 0 Å². The molecule has 0 heterocycles. The molecule has 0 saturated heterocycles. The van der Waals surface area contributed by atoms with E-state index in [4.69, 9.17) is 0 Å². The molecule has 1 aliphatic rings. The van der Waals surface area contributed by atoms with Gasteiger partial charge in [-0.2, -0.15) is 13.2 Å². The first-order chi connectivity index (χ1) is 6.09. The predicted molar refractivity (Wildman–Crippen MR) is 42.3 cm³/mol. The summed E-state index contributed by atoms with van der Waals surface area (Å²) in [4.78, 5) is 0. The van der Waals surface area contributed by atoms with E-state index in [1.54, 1.807) is 0 Å². The van der Waals surface area contributed by atoms with Crippen molar-refractivity contribution in [1.29, 1.82) is 0 Å². The third-order valence-electron chi connectivity index (χ3n) is 2.22. The van der Waals surface area contributed by atoms with Crippen molar-refractivity contribution in [1.82, 2.24) is 0 Å². The molecule has 13 heavy (non-hydrogen) atoms. The maximum absolute atomic E-state index is 12.4. The van der Waals surface area contributed by atoms with E-state index in [9.17, 15) is 13.2 Å². The van der Waals surface area contributed by atoms with Crippen molar-refractivity contribution in [3.05, 3.63) is 35.4 Å². The van der Waals surface area contributed by atoms with Gasteiger partial charge in [-0.25, -0.2) is 0 Å². The van der Waals surface area contributed by atoms with Gasteiger partial charge >= 0.3 is 6.18 Å². The standard InChI is InChI=1S/C10H8F3/c11-10(12,13)9-4-2-1-3-8(9)7-5-6-7/h2-4,7H,5-6H2. The van der Waals surface area contributed by atoms with Crippen molar-refractivity contribution in [2.45, 2.75) is 24.9 Å². The van der Waals surface area contributed by atoms with Gasteiger partial charge in [0, 0.05) is 0 Å². The second-order valence-corrected chi connectivity index (χ2v) is 3.29. The largest absolute Gasteiger partial charge is 0.416 e. The Morgan fingerprint density at radius 1 is 1.31 bits per heavy atom. The molecule has 1 aliphatic carbocycles. The van der Waals surface area contributed by atoms with Gasteiger partial charge in [0.1, 0.15) is 0 Å². The molecule has 2 rings (SSSR count). The first kappa shape index (κ1) is 8.60. The van der Waals surface area contributed by atoms with Crippen LogP contribution in [0.5, 0.6) is 0 Å². The molecule has 0 N–H and O–H groups in total. The second kappa shape index (κ2) is 2.76. The molecule has 69 valence electrons. The molecule has 1 aromatic carbocycles. The number of rotatable bonds is 1. The molecular formula is C10H8F3. The third-order valence-corrected chi connectivity index (χ3v) is 2.22. The van der Waals surface area contributed by atoms with E-state index in [2.05, 4.69) is 6.07 Å². The maximum Gasteiger partial charge on any atom is 0.416 e. The first-order valence-corrected chi connectivity index (χ1v) is 4.16. The van der Waals surface area contributed by atoms with Crippen LogP contribution in [0.4, 0.5) is 13.2 Å². The highest BCUT2D eigenvalue weighted by Gasteiger charge is 2.37. The van der Waals surface area contributed by atoms with Crippen LogP contribution in [0.1, 0.15) is 29.9 Å². The average molecular weight is 185 g/mol. The molecule has 0 spiro atoms. The normalized spacial score (nSPS) is 17.5. The third kappa shape index (κ3) is 1.69. The zero-order valence-electron chi connectivity index (χ0n) is 6.86. The number of alkyl halides is 3. The molecule has 0 atom stereocenters. The Balaban J connectivity index is 2.43. The van der Waals surface area contributed by atoms with Gasteiger partial charge in [-0.15, -0.1) is 0 Å². The molecule has 0 bridgehead atoms. The molecule has 0 nitrogen and oxygen atoms in total. The topological polar surface area (TPSA) is 0 Å². The lowest BCUT2D eigenvalue weighted by Crippen LogP contribution is -2.08. The number of halogens is 3. The summed E-state index contributed by atoms with van der Waals surface area (Å²) in [6, 6.07) is 6.57. The zero-order chi connectivity index (χ0) is 9.47. The highest BCUT2D eigenvalue weighted by molar-refractivity contribution is 5.34. The molecule has 3 heteroatoms. The second-order valence-electron chi connectivity index (χ2n) is 3.29. The van der Waals surface area contributed by atoms with Crippen molar-refractivity contribution in [2.24, 2.45) is 0 Å². The molecule has 1 saturated carbocycles. The Bertz CT molecular complexity index is 310. The Morgan fingerprint density at radius 2 is 2.00 bits per heavy atom. The SMILES string of the molecule is FC(F)(F)c1cc[c]cc1C1CC1. The summed E-state index contributed by atoms with van der Waals surface area (Å²) in [5.41, 5.74) is -0.0799. The smallest absolute Gasteiger partial charge is 0.166 e. The quantitative estimate of drug-likeness (QED) is 0.629. The highest BCUT2D eigenvalue weighted by Crippen LogP contribution is 2.45. The lowest BCUT2D eigenvalue weighted by Gasteiger charge is -2.11. The Kier molecular flexibility index (Phi) is 1.82. The monoisotopic (exact) mass is 185 g/mol. The van der Waals surface area contributed by atoms with Crippen molar-refractivity contribution in [3.63, 3.8) is 0 Å². The van der Waals surface area contributed by atoms with Crippen molar-refractivity contribution < 1.29 is 13.2 Å². The van der Waals surface area contributed by atoms with Crippen LogP contribution in [-0.4, -0.2) is 0 Å². The van der Waals surface area contributed by atoms with Gasteiger partial charge in [0.05, 0.1) is 5.56 Å². The van der Waals surface area contributed by atoms with Crippen molar-refractivity contribution >= 4 is 0 Å². The fraction of sp³-hybridized carbons (Fsp3) is 0.400. The number of hydrogen-bond acceptors (Lipinski definition) is 0. The van der Waals surface area contributed by atoms with E-state index in [-0.39, 0.29) is 5.92 Å². The Labute approximate surface area is 74.4 Å². The minimum Gasteiger partial charge on any atom is -0.166 e. The van der Waals surface area contributed by atoms with Crippen LogP contribution in [0.25, 0.3) is 0 Å². The minimum absolute atomic E-state index is 0.120. The highest BCUT2D eigenvalue weighted by atomic mass is 19.4. The fourth-order valence-corrected chi connectivity index (χ4v) is 1.43. The van der Waals surface area contributed by atoms with Gasteiger partial charge in [-0.1, -0.05) is 12.1 Å². The summed E-state index contributed by atoms with van der Waals surface area (Å²) in [5.74, 6) is 0.120. The lowest BCUT2D eigenvalue weighted by molar-refractivity contribution is -0.138. The van der Waals surface area contributed by atoms with Gasteiger partial charge in [-0.3, -0.25) is 0 Å². The lowest BCUT2D eigenvalue weighted by atomic mass is 10.0. The van der Waals surface area contributed by atoms with Crippen LogP contribution >= 0.6 is 0 Å². The first-order valence-electron chi connectivity index (χ1n) is 4.16. The molecule has 0 amide bonds. The average Bonchev–Trinajstić information content (AvgIpc) is 2.85. The van der Waals surface area contributed by atoms with E-state index >= 15 is 0 Å². The molecular weight excluding hydrogens is 177 g/mol. The Morgan fingerprint density at radius 3 is 2.54 bits per heavy atom. The maximum atomic E-state index is 12.4. The molecule has 1 aromatic rings. The van der Waals surface area contributed by atoms with E-state index in [1.165, 1.54) is 12.1 Å². The summed E-state index contributed by atoms with van der Waals surface area (Å²) < 4.78 is 37.3. The van der Waals surface area contributed by atoms with Gasteiger partial charge in [-0.05, 0) is 36.5 Å². The summed E-state index contributed by atoms with van der Waals surface area (Å²) in [6.45, 7) is 0. The zero-order valence-corrected chi connectivity index (χ0v) is 6.86. The summed E-state index contributed by atoms with van der Waals surface area (Å²) in [6.07, 6.45) is -2.46. The summed E-state index contributed by atoms with van der Waals surface area (Å²) in [5, 5.41) is 0. The molecule has 0 aliphatic heterocycles. The number of benzene rings is 1. The molecule has 1 fully saturated rings.